The first-order valence-corrected chi connectivity index (χ1v) is 8.07. The van der Waals surface area contributed by atoms with Gasteiger partial charge < -0.3 is 15.5 Å². The smallest absolute Gasteiger partial charge is 0.335 e. The molecule has 0 unspecified atom stereocenters. The van der Waals surface area contributed by atoms with Crippen molar-refractivity contribution in [1.82, 2.24) is 4.98 Å². The van der Waals surface area contributed by atoms with E-state index in [2.05, 4.69) is 10.3 Å². The van der Waals surface area contributed by atoms with E-state index in [4.69, 9.17) is 16.7 Å². The van der Waals surface area contributed by atoms with Crippen molar-refractivity contribution < 1.29 is 15.0 Å². The number of aromatic hydroxyl groups is 1. The maximum Gasteiger partial charge on any atom is 0.335 e. The third kappa shape index (κ3) is 3.55. The molecular weight excluding hydrogens is 336 g/mol. The van der Waals surface area contributed by atoms with Crippen molar-refractivity contribution in [2.75, 3.05) is 11.9 Å². The summed E-state index contributed by atoms with van der Waals surface area (Å²) in [5, 5.41) is 22.7. The van der Waals surface area contributed by atoms with E-state index in [1.807, 2.05) is 6.07 Å². The number of phenolic OH excluding ortho intramolecular Hbond substituents is 1. The van der Waals surface area contributed by atoms with Gasteiger partial charge in [0.05, 0.1) is 20.8 Å². The average Bonchev–Trinajstić information content (AvgIpc) is 2.92. The van der Waals surface area contributed by atoms with Crippen LogP contribution in [0.1, 0.15) is 15.9 Å². The summed E-state index contributed by atoms with van der Waals surface area (Å²) >= 11 is 7.29. The molecule has 7 heteroatoms. The molecular formula is C16H13ClN2O3S. The first-order chi connectivity index (χ1) is 11.0. The SMILES string of the molecule is O=C(O)c1ccc2nc(NCCc3ccc(O)c(Cl)c3)sc2c1. The first kappa shape index (κ1) is 15.6. The minimum atomic E-state index is -0.945. The van der Waals surface area contributed by atoms with E-state index in [1.54, 1.807) is 30.3 Å². The van der Waals surface area contributed by atoms with Crippen molar-refractivity contribution in [3.05, 3.63) is 52.5 Å². The predicted molar refractivity (Wildman–Crippen MR) is 91.9 cm³/mol. The van der Waals surface area contributed by atoms with Crippen molar-refractivity contribution >= 4 is 44.3 Å². The zero-order valence-corrected chi connectivity index (χ0v) is 13.5. The van der Waals surface area contributed by atoms with Crippen LogP contribution < -0.4 is 5.32 Å². The number of halogens is 1. The van der Waals surface area contributed by atoms with Gasteiger partial charge >= 0.3 is 5.97 Å². The maximum atomic E-state index is 11.0. The number of nitrogens with zero attached hydrogens (tertiary/aromatic N) is 1. The van der Waals surface area contributed by atoms with Crippen LogP contribution in [0.5, 0.6) is 5.75 Å². The standard InChI is InChI=1S/C16H13ClN2O3S/c17-11-7-9(1-4-13(11)20)5-6-18-16-19-12-3-2-10(15(21)22)8-14(12)23-16/h1-4,7-8,20H,5-6H2,(H,18,19)(H,21,22). The number of carboxylic acids is 1. The molecule has 1 aromatic heterocycles. The highest BCUT2D eigenvalue weighted by Gasteiger charge is 2.08. The van der Waals surface area contributed by atoms with Crippen molar-refractivity contribution in [3.63, 3.8) is 0 Å². The molecule has 0 atom stereocenters. The van der Waals surface area contributed by atoms with Gasteiger partial charge in [-0.1, -0.05) is 29.0 Å². The fourth-order valence-corrected chi connectivity index (χ4v) is 3.29. The molecule has 0 aliphatic heterocycles. The van der Waals surface area contributed by atoms with E-state index in [9.17, 15) is 9.90 Å². The molecule has 1 heterocycles. The Morgan fingerprint density at radius 1 is 1.26 bits per heavy atom. The van der Waals surface area contributed by atoms with Crippen LogP contribution in [-0.2, 0) is 6.42 Å². The van der Waals surface area contributed by atoms with Crippen LogP contribution in [-0.4, -0.2) is 27.7 Å². The Balaban J connectivity index is 1.67. The first-order valence-electron chi connectivity index (χ1n) is 6.88. The highest BCUT2D eigenvalue weighted by Crippen LogP contribution is 2.27. The van der Waals surface area contributed by atoms with Crippen LogP contribution >= 0.6 is 22.9 Å². The molecule has 3 aromatic rings. The number of phenols is 1. The van der Waals surface area contributed by atoms with Gasteiger partial charge in [-0.25, -0.2) is 9.78 Å². The Hall–Kier alpha value is -2.31. The average molecular weight is 349 g/mol. The van der Waals surface area contributed by atoms with Crippen molar-refractivity contribution in [2.45, 2.75) is 6.42 Å². The number of nitrogens with one attached hydrogen (secondary N) is 1. The summed E-state index contributed by atoms with van der Waals surface area (Å²) in [5.41, 5.74) is 2.04. The largest absolute Gasteiger partial charge is 0.506 e. The molecule has 118 valence electrons. The lowest BCUT2D eigenvalue weighted by Gasteiger charge is -2.04. The molecule has 3 rings (SSSR count). The van der Waals surface area contributed by atoms with Gasteiger partial charge in [-0.05, 0) is 42.3 Å². The summed E-state index contributed by atoms with van der Waals surface area (Å²) < 4.78 is 0.833. The van der Waals surface area contributed by atoms with E-state index in [0.717, 1.165) is 27.3 Å². The molecule has 0 radical (unpaired) electrons. The molecule has 0 saturated carbocycles. The van der Waals surface area contributed by atoms with E-state index in [1.165, 1.54) is 11.3 Å². The van der Waals surface area contributed by atoms with Gasteiger partial charge in [0.25, 0.3) is 0 Å². The van der Waals surface area contributed by atoms with E-state index >= 15 is 0 Å². The van der Waals surface area contributed by atoms with Crippen LogP contribution in [0.2, 0.25) is 5.02 Å². The van der Waals surface area contributed by atoms with Gasteiger partial charge in [-0.2, -0.15) is 0 Å². The Kier molecular flexibility index (Phi) is 4.36. The van der Waals surface area contributed by atoms with Crippen LogP contribution in [0.3, 0.4) is 0 Å². The van der Waals surface area contributed by atoms with Gasteiger partial charge in [0.15, 0.2) is 5.13 Å². The molecule has 0 saturated heterocycles. The van der Waals surface area contributed by atoms with Crippen LogP contribution in [0.4, 0.5) is 5.13 Å². The molecule has 0 spiro atoms. The molecule has 0 bridgehead atoms. The molecule has 23 heavy (non-hydrogen) atoms. The Labute approximate surface area is 141 Å². The van der Waals surface area contributed by atoms with Crippen LogP contribution in [0.15, 0.2) is 36.4 Å². The molecule has 5 nitrogen and oxygen atoms in total. The van der Waals surface area contributed by atoms with Gasteiger partial charge in [-0.3, -0.25) is 0 Å². The van der Waals surface area contributed by atoms with Gasteiger partial charge in [0.2, 0.25) is 0 Å². The van der Waals surface area contributed by atoms with Gasteiger partial charge in [0.1, 0.15) is 5.75 Å². The maximum absolute atomic E-state index is 11.0. The van der Waals surface area contributed by atoms with E-state index in [0.29, 0.717) is 11.6 Å². The topological polar surface area (TPSA) is 82.5 Å². The number of anilines is 1. The zero-order valence-electron chi connectivity index (χ0n) is 11.9. The van der Waals surface area contributed by atoms with Crippen molar-refractivity contribution in [3.8, 4) is 5.75 Å². The number of benzene rings is 2. The molecule has 0 fully saturated rings. The molecule has 0 aliphatic carbocycles. The monoisotopic (exact) mass is 348 g/mol. The van der Waals surface area contributed by atoms with E-state index in [-0.39, 0.29) is 11.3 Å². The number of carboxylic acid groups (broad SMARTS) is 1. The highest BCUT2D eigenvalue weighted by molar-refractivity contribution is 7.22. The second-order valence-corrected chi connectivity index (χ2v) is 6.41. The lowest BCUT2D eigenvalue weighted by Crippen LogP contribution is -2.04. The quantitative estimate of drug-likeness (QED) is 0.649. The second kappa shape index (κ2) is 6.44. The summed E-state index contributed by atoms with van der Waals surface area (Å²) in [6, 6.07) is 10.0. The minimum absolute atomic E-state index is 0.0729. The molecule has 2 aromatic carbocycles. The minimum Gasteiger partial charge on any atom is -0.506 e. The van der Waals surface area contributed by atoms with Crippen LogP contribution in [0.25, 0.3) is 10.2 Å². The van der Waals surface area contributed by atoms with Crippen molar-refractivity contribution in [2.24, 2.45) is 0 Å². The summed E-state index contributed by atoms with van der Waals surface area (Å²) in [5.74, 6) is -0.872. The number of thiazole rings is 1. The number of hydrogen-bond acceptors (Lipinski definition) is 5. The summed E-state index contributed by atoms with van der Waals surface area (Å²) in [7, 11) is 0. The third-order valence-corrected chi connectivity index (χ3v) is 4.62. The lowest BCUT2D eigenvalue weighted by molar-refractivity contribution is 0.0697. The second-order valence-electron chi connectivity index (χ2n) is 4.97. The third-order valence-electron chi connectivity index (χ3n) is 3.34. The number of hydrogen-bond donors (Lipinski definition) is 3. The summed E-state index contributed by atoms with van der Waals surface area (Å²) in [6.07, 6.45) is 0.732. The Morgan fingerprint density at radius 3 is 2.83 bits per heavy atom. The zero-order chi connectivity index (χ0) is 16.4. The summed E-state index contributed by atoms with van der Waals surface area (Å²) in [4.78, 5) is 15.4. The number of aromatic carboxylic acids is 1. The van der Waals surface area contributed by atoms with Gasteiger partial charge in [0, 0.05) is 6.54 Å². The highest BCUT2D eigenvalue weighted by atomic mass is 35.5. The van der Waals surface area contributed by atoms with Crippen LogP contribution in [0, 0.1) is 0 Å². The predicted octanol–water partition coefficient (Wildman–Crippen LogP) is 4.01. The Morgan fingerprint density at radius 2 is 2.09 bits per heavy atom. The number of rotatable bonds is 5. The number of aromatic nitrogens is 1. The number of carbonyl (C=O) groups is 1. The Bertz CT molecular complexity index is 879. The summed E-state index contributed by atoms with van der Waals surface area (Å²) in [6.45, 7) is 0.659. The normalized spacial score (nSPS) is 10.8. The molecule has 0 aliphatic rings. The fourth-order valence-electron chi connectivity index (χ4n) is 2.15. The molecule has 0 amide bonds. The lowest BCUT2D eigenvalue weighted by atomic mass is 10.1. The van der Waals surface area contributed by atoms with Crippen molar-refractivity contribution in [1.29, 1.82) is 0 Å². The number of fused-ring (bicyclic) bond motifs is 1. The fraction of sp³-hybridized carbons (Fsp3) is 0.125. The van der Waals surface area contributed by atoms with E-state index < -0.39 is 5.97 Å². The molecule has 3 N–H and O–H groups in total. The van der Waals surface area contributed by atoms with Gasteiger partial charge in [-0.15, -0.1) is 0 Å².